The van der Waals surface area contributed by atoms with Crippen molar-refractivity contribution in [3.05, 3.63) is 29.8 Å². The Morgan fingerprint density at radius 2 is 1.93 bits per heavy atom. The summed E-state index contributed by atoms with van der Waals surface area (Å²) < 4.78 is 5.68. The standard InChI is InChI=1S/C12H17NO/c13-11-6-4-10(5-7-11)8-9-14-12-2-1-3-12/h4-7,12H,1-3,8-9,13H2. The molecule has 76 valence electrons. The molecule has 0 aliphatic heterocycles. The molecule has 0 saturated heterocycles. The Morgan fingerprint density at radius 3 is 2.50 bits per heavy atom. The van der Waals surface area contributed by atoms with Gasteiger partial charge in [0.15, 0.2) is 0 Å². The second-order valence-corrected chi connectivity index (χ2v) is 3.92. The van der Waals surface area contributed by atoms with Crippen molar-refractivity contribution in [1.29, 1.82) is 0 Å². The fourth-order valence-electron chi connectivity index (χ4n) is 1.57. The second kappa shape index (κ2) is 4.47. The first-order chi connectivity index (χ1) is 6.84. The molecule has 2 rings (SSSR count). The van der Waals surface area contributed by atoms with Crippen LogP contribution in [0, 0.1) is 0 Å². The van der Waals surface area contributed by atoms with Crippen molar-refractivity contribution in [2.45, 2.75) is 31.8 Å². The van der Waals surface area contributed by atoms with Crippen LogP contribution >= 0.6 is 0 Å². The van der Waals surface area contributed by atoms with Gasteiger partial charge in [-0.15, -0.1) is 0 Å². The summed E-state index contributed by atoms with van der Waals surface area (Å²) in [6, 6.07) is 8.02. The Morgan fingerprint density at radius 1 is 1.21 bits per heavy atom. The highest BCUT2D eigenvalue weighted by Gasteiger charge is 2.17. The molecule has 2 N–H and O–H groups in total. The fraction of sp³-hybridized carbons (Fsp3) is 0.500. The minimum Gasteiger partial charge on any atom is -0.399 e. The lowest BCUT2D eigenvalue weighted by atomic mass is 9.96. The Kier molecular flexibility index (Phi) is 3.04. The van der Waals surface area contributed by atoms with Crippen LogP contribution in [0.2, 0.25) is 0 Å². The van der Waals surface area contributed by atoms with E-state index in [1.807, 2.05) is 12.1 Å². The number of hydrogen-bond donors (Lipinski definition) is 1. The summed E-state index contributed by atoms with van der Waals surface area (Å²) in [4.78, 5) is 0. The molecule has 0 atom stereocenters. The molecule has 0 bridgehead atoms. The molecule has 1 aromatic rings. The smallest absolute Gasteiger partial charge is 0.0575 e. The highest BCUT2D eigenvalue weighted by atomic mass is 16.5. The van der Waals surface area contributed by atoms with E-state index in [2.05, 4.69) is 12.1 Å². The average molecular weight is 191 g/mol. The Labute approximate surface area is 85.1 Å². The third-order valence-corrected chi connectivity index (χ3v) is 2.78. The zero-order chi connectivity index (χ0) is 9.80. The lowest BCUT2D eigenvalue weighted by Crippen LogP contribution is -2.22. The van der Waals surface area contributed by atoms with Crippen LogP contribution in [0.1, 0.15) is 24.8 Å². The molecule has 0 radical (unpaired) electrons. The average Bonchev–Trinajstić information content (AvgIpc) is 2.12. The molecular formula is C12H17NO. The first-order valence-corrected chi connectivity index (χ1v) is 5.30. The highest BCUT2D eigenvalue weighted by molar-refractivity contribution is 5.39. The lowest BCUT2D eigenvalue weighted by Gasteiger charge is -2.25. The fourth-order valence-corrected chi connectivity index (χ4v) is 1.57. The van der Waals surface area contributed by atoms with Gasteiger partial charge in [-0.25, -0.2) is 0 Å². The van der Waals surface area contributed by atoms with Crippen molar-refractivity contribution in [2.75, 3.05) is 12.3 Å². The first-order valence-electron chi connectivity index (χ1n) is 5.30. The molecule has 1 saturated carbocycles. The minimum absolute atomic E-state index is 0.545. The molecule has 1 aromatic carbocycles. The monoisotopic (exact) mass is 191 g/mol. The van der Waals surface area contributed by atoms with Crippen molar-refractivity contribution in [1.82, 2.24) is 0 Å². The van der Waals surface area contributed by atoms with Gasteiger partial charge in [0.05, 0.1) is 12.7 Å². The van der Waals surface area contributed by atoms with E-state index in [0.29, 0.717) is 6.10 Å². The van der Waals surface area contributed by atoms with Crippen LogP contribution < -0.4 is 5.73 Å². The number of nitrogens with two attached hydrogens (primary N) is 1. The summed E-state index contributed by atoms with van der Waals surface area (Å²) in [7, 11) is 0. The van der Waals surface area contributed by atoms with Crippen molar-refractivity contribution in [3.63, 3.8) is 0 Å². The van der Waals surface area contributed by atoms with Gasteiger partial charge in [-0.1, -0.05) is 12.1 Å². The van der Waals surface area contributed by atoms with Gasteiger partial charge in [0.25, 0.3) is 0 Å². The van der Waals surface area contributed by atoms with E-state index in [1.54, 1.807) is 0 Å². The number of benzene rings is 1. The number of anilines is 1. The van der Waals surface area contributed by atoms with Crippen LogP contribution in [0.15, 0.2) is 24.3 Å². The number of nitrogen functional groups attached to an aromatic ring is 1. The molecule has 1 aliphatic rings. The number of hydrogen-bond acceptors (Lipinski definition) is 2. The summed E-state index contributed by atoms with van der Waals surface area (Å²) in [6.45, 7) is 0.842. The lowest BCUT2D eigenvalue weighted by molar-refractivity contribution is 0.00413. The third-order valence-electron chi connectivity index (χ3n) is 2.78. The Bertz CT molecular complexity index is 277. The molecular weight excluding hydrogens is 174 g/mol. The highest BCUT2D eigenvalue weighted by Crippen LogP contribution is 2.21. The van der Waals surface area contributed by atoms with Crippen molar-refractivity contribution in [3.8, 4) is 0 Å². The zero-order valence-corrected chi connectivity index (χ0v) is 8.41. The number of rotatable bonds is 4. The molecule has 0 heterocycles. The maximum atomic E-state index is 5.68. The van der Waals surface area contributed by atoms with Crippen LogP contribution in [-0.2, 0) is 11.2 Å². The molecule has 2 nitrogen and oxygen atoms in total. The Hall–Kier alpha value is -1.02. The largest absolute Gasteiger partial charge is 0.399 e. The van der Waals surface area contributed by atoms with Gasteiger partial charge in [0.1, 0.15) is 0 Å². The molecule has 14 heavy (non-hydrogen) atoms. The second-order valence-electron chi connectivity index (χ2n) is 3.92. The molecule has 0 aromatic heterocycles. The Balaban J connectivity index is 1.71. The quantitative estimate of drug-likeness (QED) is 0.742. The van der Waals surface area contributed by atoms with Gasteiger partial charge in [-0.05, 0) is 43.4 Å². The van der Waals surface area contributed by atoms with Gasteiger partial charge >= 0.3 is 0 Å². The predicted octanol–water partition coefficient (Wildman–Crippen LogP) is 2.38. The van der Waals surface area contributed by atoms with Crippen molar-refractivity contribution in [2.24, 2.45) is 0 Å². The van der Waals surface area contributed by atoms with Crippen LogP contribution in [0.4, 0.5) is 5.69 Å². The van der Waals surface area contributed by atoms with Crippen LogP contribution in [0.3, 0.4) is 0 Å². The SMILES string of the molecule is Nc1ccc(CCOC2CCC2)cc1. The van der Waals surface area contributed by atoms with Gasteiger partial charge in [0.2, 0.25) is 0 Å². The van der Waals surface area contributed by atoms with Gasteiger partial charge < -0.3 is 10.5 Å². The molecule has 2 heteroatoms. The van der Waals surface area contributed by atoms with Gasteiger partial charge in [-0.3, -0.25) is 0 Å². The van der Waals surface area contributed by atoms with E-state index in [1.165, 1.54) is 24.8 Å². The molecule has 1 fully saturated rings. The molecule has 0 unspecified atom stereocenters. The van der Waals surface area contributed by atoms with E-state index in [0.717, 1.165) is 18.7 Å². The van der Waals surface area contributed by atoms with Crippen molar-refractivity contribution >= 4 is 5.69 Å². The molecule has 0 amide bonds. The van der Waals surface area contributed by atoms with E-state index in [-0.39, 0.29) is 0 Å². The zero-order valence-electron chi connectivity index (χ0n) is 8.41. The van der Waals surface area contributed by atoms with E-state index in [4.69, 9.17) is 10.5 Å². The van der Waals surface area contributed by atoms with E-state index in [9.17, 15) is 0 Å². The van der Waals surface area contributed by atoms with E-state index < -0.39 is 0 Å². The van der Waals surface area contributed by atoms with Gasteiger partial charge in [-0.2, -0.15) is 0 Å². The summed E-state index contributed by atoms with van der Waals surface area (Å²) in [6.07, 6.45) is 5.39. The van der Waals surface area contributed by atoms with Gasteiger partial charge in [0, 0.05) is 5.69 Å². The molecule has 0 spiro atoms. The first kappa shape index (κ1) is 9.53. The minimum atomic E-state index is 0.545. The summed E-state index contributed by atoms with van der Waals surface area (Å²) in [5, 5.41) is 0. The maximum absolute atomic E-state index is 5.68. The third kappa shape index (κ3) is 2.48. The normalized spacial score (nSPS) is 16.6. The van der Waals surface area contributed by atoms with Crippen LogP contribution in [-0.4, -0.2) is 12.7 Å². The van der Waals surface area contributed by atoms with E-state index >= 15 is 0 Å². The number of ether oxygens (including phenoxy) is 1. The topological polar surface area (TPSA) is 35.2 Å². The maximum Gasteiger partial charge on any atom is 0.0575 e. The molecule has 1 aliphatic carbocycles. The summed E-state index contributed by atoms with van der Waals surface area (Å²) in [5.41, 5.74) is 7.73. The summed E-state index contributed by atoms with van der Waals surface area (Å²) in [5.74, 6) is 0. The van der Waals surface area contributed by atoms with Crippen LogP contribution in [0.5, 0.6) is 0 Å². The predicted molar refractivity (Wildman–Crippen MR) is 58.1 cm³/mol. The van der Waals surface area contributed by atoms with Crippen LogP contribution in [0.25, 0.3) is 0 Å². The van der Waals surface area contributed by atoms with Crippen molar-refractivity contribution < 1.29 is 4.74 Å². The summed E-state index contributed by atoms with van der Waals surface area (Å²) >= 11 is 0.